The predicted molar refractivity (Wildman–Crippen MR) is 65.5 cm³/mol. The first-order chi connectivity index (χ1) is 8.86. The molecule has 0 radical (unpaired) electrons. The lowest BCUT2D eigenvalue weighted by atomic mass is 10.1. The second-order valence-electron chi connectivity index (χ2n) is 4.94. The van der Waals surface area contributed by atoms with E-state index in [4.69, 9.17) is 0 Å². The highest BCUT2D eigenvalue weighted by Crippen LogP contribution is 2.33. The van der Waals surface area contributed by atoms with Gasteiger partial charge in [0.1, 0.15) is 5.82 Å². The number of alkyl halides is 3. The molecule has 2 nitrogen and oxygen atoms in total. The van der Waals surface area contributed by atoms with Crippen molar-refractivity contribution >= 4 is 5.69 Å². The van der Waals surface area contributed by atoms with E-state index in [1.165, 1.54) is 6.07 Å². The van der Waals surface area contributed by atoms with Gasteiger partial charge in [0.25, 0.3) is 0 Å². The van der Waals surface area contributed by atoms with Crippen LogP contribution in [0.1, 0.15) is 18.4 Å². The van der Waals surface area contributed by atoms with Crippen LogP contribution in [0.4, 0.5) is 23.2 Å². The molecule has 1 aliphatic rings. The van der Waals surface area contributed by atoms with Crippen molar-refractivity contribution < 1.29 is 17.6 Å². The first kappa shape index (κ1) is 14.1. The maximum absolute atomic E-state index is 13.2. The molecule has 0 spiro atoms. The van der Waals surface area contributed by atoms with Crippen molar-refractivity contribution in [2.75, 3.05) is 25.5 Å². The van der Waals surface area contributed by atoms with Gasteiger partial charge in [0.2, 0.25) is 0 Å². The monoisotopic (exact) mass is 276 g/mol. The lowest BCUT2D eigenvalue weighted by molar-refractivity contribution is -0.139. The zero-order chi connectivity index (χ0) is 14.0. The maximum Gasteiger partial charge on any atom is 0.419 e. The van der Waals surface area contributed by atoms with E-state index in [1.54, 1.807) is 0 Å². The van der Waals surface area contributed by atoms with Gasteiger partial charge in [0.05, 0.1) is 5.56 Å². The summed E-state index contributed by atoms with van der Waals surface area (Å²) >= 11 is 0. The zero-order valence-electron chi connectivity index (χ0n) is 10.6. The van der Waals surface area contributed by atoms with Crippen molar-refractivity contribution in [2.24, 2.45) is 0 Å². The molecule has 1 fully saturated rings. The van der Waals surface area contributed by atoms with Crippen LogP contribution in [0.5, 0.6) is 0 Å². The number of likely N-dealkylation sites (tertiary alicyclic amines) is 1. The predicted octanol–water partition coefficient (Wildman–Crippen LogP) is 3.35. The quantitative estimate of drug-likeness (QED) is 0.833. The lowest BCUT2D eigenvalue weighted by Gasteiger charge is -2.31. The number of anilines is 1. The average Bonchev–Trinajstić information content (AvgIpc) is 2.30. The summed E-state index contributed by atoms with van der Waals surface area (Å²) in [5.74, 6) is -1.24. The summed E-state index contributed by atoms with van der Waals surface area (Å²) in [5, 5.41) is 3.04. The highest BCUT2D eigenvalue weighted by atomic mass is 19.4. The van der Waals surface area contributed by atoms with E-state index >= 15 is 0 Å². The molecule has 1 N–H and O–H groups in total. The minimum absolute atomic E-state index is 0.102. The number of nitrogens with zero attached hydrogens (tertiary/aromatic N) is 1. The molecule has 1 unspecified atom stereocenters. The first-order valence-corrected chi connectivity index (χ1v) is 6.18. The fourth-order valence-electron chi connectivity index (χ4n) is 2.35. The van der Waals surface area contributed by atoms with E-state index < -0.39 is 17.6 Å². The third-order valence-corrected chi connectivity index (χ3v) is 3.27. The van der Waals surface area contributed by atoms with Crippen molar-refractivity contribution in [3.8, 4) is 0 Å². The molecule has 106 valence electrons. The highest BCUT2D eigenvalue weighted by Gasteiger charge is 2.34. The van der Waals surface area contributed by atoms with Crippen LogP contribution in [0.25, 0.3) is 0 Å². The molecular formula is C13H16F4N2. The standard InChI is InChI=1S/C13H16F4N2/c1-19-6-2-3-10(8-19)18-9-4-5-12(14)11(7-9)13(15,16)17/h4-5,7,10,18H,2-3,6,8H2,1H3. The molecule has 1 aromatic rings. The van der Waals surface area contributed by atoms with Crippen LogP contribution >= 0.6 is 0 Å². The number of nitrogens with one attached hydrogen (secondary N) is 1. The van der Waals surface area contributed by atoms with E-state index in [0.717, 1.165) is 38.1 Å². The number of piperidine rings is 1. The molecule has 6 heteroatoms. The second-order valence-corrected chi connectivity index (χ2v) is 4.94. The minimum Gasteiger partial charge on any atom is -0.381 e. The summed E-state index contributed by atoms with van der Waals surface area (Å²) in [7, 11) is 1.97. The Morgan fingerprint density at radius 2 is 2.05 bits per heavy atom. The summed E-state index contributed by atoms with van der Waals surface area (Å²) in [6.07, 6.45) is -2.75. The highest BCUT2D eigenvalue weighted by molar-refractivity contribution is 5.48. The van der Waals surface area contributed by atoms with E-state index in [1.807, 2.05) is 7.05 Å². The van der Waals surface area contributed by atoms with E-state index in [9.17, 15) is 17.6 Å². The average molecular weight is 276 g/mol. The third kappa shape index (κ3) is 3.59. The lowest BCUT2D eigenvalue weighted by Crippen LogP contribution is -2.39. The first-order valence-electron chi connectivity index (χ1n) is 6.18. The van der Waals surface area contributed by atoms with Crippen LogP contribution in [0.15, 0.2) is 18.2 Å². The number of likely N-dealkylation sites (N-methyl/N-ethyl adjacent to an activating group) is 1. The molecule has 2 rings (SSSR count). The van der Waals surface area contributed by atoms with E-state index in [2.05, 4.69) is 10.2 Å². The third-order valence-electron chi connectivity index (χ3n) is 3.27. The van der Waals surface area contributed by atoms with Gasteiger partial charge in [-0.1, -0.05) is 0 Å². The minimum atomic E-state index is -4.66. The van der Waals surface area contributed by atoms with Crippen LogP contribution < -0.4 is 5.32 Å². The normalized spacial score (nSPS) is 21.4. The molecular weight excluding hydrogens is 260 g/mol. The molecule has 0 aliphatic carbocycles. The SMILES string of the molecule is CN1CCCC(Nc2ccc(F)c(C(F)(F)F)c2)C1. The van der Waals surface area contributed by atoms with Crippen LogP contribution in [0, 0.1) is 5.82 Å². The topological polar surface area (TPSA) is 15.3 Å². The molecule has 0 aromatic heterocycles. The van der Waals surface area contributed by atoms with Crippen molar-refractivity contribution in [1.82, 2.24) is 4.90 Å². The van der Waals surface area contributed by atoms with Gasteiger partial charge in [-0.15, -0.1) is 0 Å². The van der Waals surface area contributed by atoms with E-state index in [0.29, 0.717) is 5.69 Å². The summed E-state index contributed by atoms with van der Waals surface area (Å²) in [5.41, 5.74) is -0.907. The number of halogens is 4. The Hall–Kier alpha value is -1.30. The molecule has 1 saturated heterocycles. The number of rotatable bonds is 2. The molecule has 1 aliphatic heterocycles. The zero-order valence-corrected chi connectivity index (χ0v) is 10.6. The van der Waals surface area contributed by atoms with Crippen molar-refractivity contribution in [2.45, 2.75) is 25.1 Å². The summed E-state index contributed by atoms with van der Waals surface area (Å²) in [6, 6.07) is 3.14. The Labute approximate surface area is 109 Å². The molecule has 0 amide bonds. The van der Waals surface area contributed by atoms with Gasteiger partial charge in [-0.05, 0) is 44.6 Å². The smallest absolute Gasteiger partial charge is 0.381 e. The Bertz CT molecular complexity index is 445. The van der Waals surface area contributed by atoms with Crippen LogP contribution in [-0.2, 0) is 6.18 Å². The van der Waals surface area contributed by atoms with Gasteiger partial charge in [0.15, 0.2) is 0 Å². The summed E-state index contributed by atoms with van der Waals surface area (Å²) in [6.45, 7) is 1.77. The maximum atomic E-state index is 13.2. The van der Waals surface area contributed by atoms with Gasteiger partial charge < -0.3 is 10.2 Å². The Balaban J connectivity index is 2.13. The number of benzene rings is 1. The molecule has 19 heavy (non-hydrogen) atoms. The molecule has 0 bridgehead atoms. The molecule has 1 aromatic carbocycles. The van der Waals surface area contributed by atoms with Gasteiger partial charge in [-0.25, -0.2) is 4.39 Å². The molecule has 1 heterocycles. The van der Waals surface area contributed by atoms with Crippen LogP contribution in [-0.4, -0.2) is 31.1 Å². The summed E-state index contributed by atoms with van der Waals surface area (Å²) in [4.78, 5) is 2.12. The Kier molecular flexibility index (Phi) is 3.99. The van der Waals surface area contributed by atoms with Crippen LogP contribution in [0.3, 0.4) is 0 Å². The number of hydrogen-bond acceptors (Lipinski definition) is 2. The van der Waals surface area contributed by atoms with Gasteiger partial charge in [0, 0.05) is 18.3 Å². The van der Waals surface area contributed by atoms with Crippen molar-refractivity contribution in [3.05, 3.63) is 29.6 Å². The Morgan fingerprint density at radius 1 is 1.32 bits per heavy atom. The van der Waals surface area contributed by atoms with Gasteiger partial charge in [-0.3, -0.25) is 0 Å². The van der Waals surface area contributed by atoms with E-state index in [-0.39, 0.29) is 6.04 Å². The number of hydrogen-bond donors (Lipinski definition) is 1. The molecule has 0 saturated carbocycles. The Morgan fingerprint density at radius 3 is 2.68 bits per heavy atom. The largest absolute Gasteiger partial charge is 0.419 e. The fraction of sp³-hybridized carbons (Fsp3) is 0.538. The summed E-state index contributed by atoms with van der Waals surface area (Å²) < 4.78 is 50.9. The van der Waals surface area contributed by atoms with Crippen molar-refractivity contribution in [1.29, 1.82) is 0 Å². The molecule has 1 atom stereocenters. The van der Waals surface area contributed by atoms with Crippen molar-refractivity contribution in [3.63, 3.8) is 0 Å². The fourth-order valence-corrected chi connectivity index (χ4v) is 2.35. The van der Waals surface area contributed by atoms with Gasteiger partial charge in [-0.2, -0.15) is 13.2 Å². The second kappa shape index (κ2) is 5.36. The van der Waals surface area contributed by atoms with Crippen LogP contribution in [0.2, 0.25) is 0 Å². The van der Waals surface area contributed by atoms with Gasteiger partial charge >= 0.3 is 6.18 Å².